The van der Waals surface area contributed by atoms with Crippen LogP contribution in [0.4, 0.5) is 5.69 Å². The van der Waals surface area contributed by atoms with Crippen molar-refractivity contribution in [1.29, 1.82) is 0 Å². The number of likely N-dealkylation sites (N-methyl/N-ethyl adjacent to an activating group) is 1. The largest absolute Gasteiger partial charge is 0.451 e. The third-order valence-corrected chi connectivity index (χ3v) is 6.22. The van der Waals surface area contributed by atoms with Crippen molar-refractivity contribution in [2.45, 2.75) is 33.1 Å². The van der Waals surface area contributed by atoms with E-state index in [4.69, 9.17) is 4.74 Å². The van der Waals surface area contributed by atoms with Gasteiger partial charge in [-0.05, 0) is 55.9 Å². The minimum absolute atomic E-state index is 0.116. The van der Waals surface area contributed by atoms with Gasteiger partial charge < -0.3 is 15.0 Å². The maximum Gasteiger partial charge on any atom is 0.348 e. The van der Waals surface area contributed by atoms with E-state index in [1.54, 1.807) is 12.1 Å². The topological polar surface area (TPSA) is 75.7 Å². The smallest absolute Gasteiger partial charge is 0.348 e. The van der Waals surface area contributed by atoms with Gasteiger partial charge in [0.1, 0.15) is 4.88 Å². The SMILES string of the molecule is Cc1ccc(NC(=O)CN(C)C(=O)COC(=O)c2cc3c(s2)CC[C@@H](C)C3)cc1. The molecule has 0 radical (unpaired) electrons. The molecule has 1 atom stereocenters. The molecule has 2 aromatic rings. The fourth-order valence-corrected chi connectivity index (χ4v) is 4.36. The van der Waals surface area contributed by atoms with E-state index in [-0.39, 0.29) is 19.1 Å². The Balaban J connectivity index is 1.46. The highest BCUT2D eigenvalue weighted by atomic mass is 32.1. The minimum Gasteiger partial charge on any atom is -0.451 e. The Morgan fingerprint density at radius 1 is 1.24 bits per heavy atom. The highest BCUT2D eigenvalue weighted by Crippen LogP contribution is 2.32. The van der Waals surface area contributed by atoms with Crippen molar-refractivity contribution >= 4 is 34.8 Å². The van der Waals surface area contributed by atoms with Crippen LogP contribution < -0.4 is 5.32 Å². The van der Waals surface area contributed by atoms with Gasteiger partial charge in [0.05, 0.1) is 6.54 Å². The number of nitrogens with zero attached hydrogens (tertiary/aromatic N) is 1. The van der Waals surface area contributed by atoms with Crippen molar-refractivity contribution in [3.63, 3.8) is 0 Å². The summed E-state index contributed by atoms with van der Waals surface area (Å²) >= 11 is 1.45. The molecule has 2 amide bonds. The molecule has 0 fully saturated rings. The second kappa shape index (κ2) is 9.22. The van der Waals surface area contributed by atoms with Crippen LogP contribution in [0.15, 0.2) is 30.3 Å². The first-order valence-electron chi connectivity index (χ1n) is 9.71. The third kappa shape index (κ3) is 5.67. The zero-order valence-corrected chi connectivity index (χ0v) is 17.8. The first-order chi connectivity index (χ1) is 13.8. The summed E-state index contributed by atoms with van der Waals surface area (Å²) in [6.07, 6.45) is 3.11. The van der Waals surface area contributed by atoms with Crippen LogP contribution in [0, 0.1) is 12.8 Å². The maximum absolute atomic E-state index is 12.3. The third-order valence-electron chi connectivity index (χ3n) is 5.00. The molecule has 0 aliphatic heterocycles. The first kappa shape index (κ1) is 21.0. The second-order valence-electron chi connectivity index (χ2n) is 7.65. The fourth-order valence-electron chi connectivity index (χ4n) is 3.26. The standard InChI is InChI=1S/C22H26N2O4S/c1-14-4-7-17(8-5-14)23-20(25)12-24(3)21(26)13-28-22(27)19-11-16-10-15(2)6-9-18(16)29-19/h4-5,7-8,11,15H,6,9-10,12-13H2,1-3H3,(H,23,25)/t15-/m1/s1. The molecule has 154 valence electrons. The summed E-state index contributed by atoms with van der Waals surface area (Å²) in [5, 5.41) is 2.74. The van der Waals surface area contributed by atoms with Crippen LogP contribution in [0.1, 0.15) is 39.0 Å². The van der Waals surface area contributed by atoms with Crippen molar-refractivity contribution in [1.82, 2.24) is 4.90 Å². The molecule has 0 spiro atoms. The van der Waals surface area contributed by atoms with Crippen LogP contribution in [0.25, 0.3) is 0 Å². The normalized spacial score (nSPS) is 15.3. The quantitative estimate of drug-likeness (QED) is 0.735. The first-order valence-corrected chi connectivity index (χ1v) is 10.5. The molecule has 1 aromatic heterocycles. The van der Waals surface area contributed by atoms with Crippen molar-refractivity contribution in [2.24, 2.45) is 5.92 Å². The molecule has 1 heterocycles. The molecular weight excluding hydrogens is 388 g/mol. The summed E-state index contributed by atoms with van der Waals surface area (Å²) in [5.41, 5.74) is 2.99. The highest BCUT2D eigenvalue weighted by molar-refractivity contribution is 7.14. The van der Waals surface area contributed by atoms with Crippen molar-refractivity contribution in [3.05, 3.63) is 51.2 Å². The van der Waals surface area contributed by atoms with Crippen molar-refractivity contribution in [3.8, 4) is 0 Å². The number of hydrogen-bond acceptors (Lipinski definition) is 5. The fraction of sp³-hybridized carbons (Fsp3) is 0.409. The molecule has 29 heavy (non-hydrogen) atoms. The molecule has 1 N–H and O–H groups in total. The predicted molar refractivity (Wildman–Crippen MR) is 113 cm³/mol. The van der Waals surface area contributed by atoms with Crippen LogP contribution in [-0.2, 0) is 27.2 Å². The van der Waals surface area contributed by atoms with E-state index < -0.39 is 11.9 Å². The zero-order chi connectivity index (χ0) is 21.0. The summed E-state index contributed by atoms with van der Waals surface area (Å²) in [6.45, 7) is 3.68. The van der Waals surface area contributed by atoms with E-state index in [0.717, 1.165) is 24.8 Å². The summed E-state index contributed by atoms with van der Waals surface area (Å²) in [5.74, 6) is -0.589. The van der Waals surface area contributed by atoms with E-state index in [0.29, 0.717) is 16.5 Å². The van der Waals surface area contributed by atoms with Gasteiger partial charge in [0, 0.05) is 17.6 Å². The summed E-state index contributed by atoms with van der Waals surface area (Å²) in [6, 6.07) is 9.29. The average molecular weight is 415 g/mol. The van der Waals surface area contributed by atoms with E-state index in [2.05, 4.69) is 12.2 Å². The van der Waals surface area contributed by atoms with E-state index in [9.17, 15) is 14.4 Å². The molecule has 3 rings (SSSR count). The van der Waals surface area contributed by atoms with Crippen molar-refractivity contribution < 1.29 is 19.1 Å². The Morgan fingerprint density at radius 3 is 2.69 bits per heavy atom. The second-order valence-corrected chi connectivity index (χ2v) is 8.78. The van der Waals surface area contributed by atoms with Gasteiger partial charge in [0.2, 0.25) is 5.91 Å². The lowest BCUT2D eigenvalue weighted by molar-refractivity contribution is -0.136. The zero-order valence-electron chi connectivity index (χ0n) is 17.0. The Morgan fingerprint density at radius 2 is 1.97 bits per heavy atom. The number of nitrogens with one attached hydrogen (secondary N) is 1. The highest BCUT2D eigenvalue weighted by Gasteiger charge is 2.22. The number of hydrogen-bond donors (Lipinski definition) is 1. The number of carbonyl (C=O) groups excluding carboxylic acids is 3. The Hall–Kier alpha value is -2.67. The lowest BCUT2D eigenvalue weighted by Crippen LogP contribution is -2.37. The number of thiophene rings is 1. The van der Waals surface area contributed by atoms with Crippen LogP contribution >= 0.6 is 11.3 Å². The van der Waals surface area contributed by atoms with Gasteiger partial charge in [-0.2, -0.15) is 0 Å². The lowest BCUT2D eigenvalue weighted by Gasteiger charge is -2.16. The van der Waals surface area contributed by atoms with Crippen LogP contribution in [-0.4, -0.2) is 42.9 Å². The molecule has 0 unspecified atom stereocenters. The van der Waals surface area contributed by atoms with E-state index in [1.165, 1.54) is 33.7 Å². The molecular formula is C22H26N2O4S. The number of amides is 2. The molecule has 0 saturated heterocycles. The van der Waals surface area contributed by atoms with Gasteiger partial charge in [-0.15, -0.1) is 11.3 Å². The number of aryl methyl sites for hydroxylation is 2. The molecule has 1 aromatic carbocycles. The molecule has 7 heteroatoms. The van der Waals surface area contributed by atoms with E-state index in [1.807, 2.05) is 25.1 Å². The Kier molecular flexibility index (Phi) is 6.69. The van der Waals surface area contributed by atoms with Gasteiger partial charge in [-0.25, -0.2) is 4.79 Å². The number of esters is 1. The summed E-state index contributed by atoms with van der Waals surface area (Å²) < 4.78 is 5.18. The predicted octanol–water partition coefficient (Wildman–Crippen LogP) is 3.44. The molecule has 6 nitrogen and oxygen atoms in total. The number of carbonyl (C=O) groups is 3. The molecule has 0 bridgehead atoms. The van der Waals surface area contributed by atoms with E-state index >= 15 is 0 Å². The van der Waals surface area contributed by atoms with Crippen LogP contribution in [0.2, 0.25) is 0 Å². The lowest BCUT2D eigenvalue weighted by atomic mass is 9.90. The number of anilines is 1. The van der Waals surface area contributed by atoms with Gasteiger partial charge in [-0.3, -0.25) is 9.59 Å². The molecule has 1 aliphatic carbocycles. The number of benzene rings is 1. The van der Waals surface area contributed by atoms with Gasteiger partial charge in [0.15, 0.2) is 6.61 Å². The van der Waals surface area contributed by atoms with Crippen LogP contribution in [0.3, 0.4) is 0 Å². The average Bonchev–Trinajstić information content (AvgIpc) is 3.10. The minimum atomic E-state index is -0.483. The summed E-state index contributed by atoms with van der Waals surface area (Å²) in [4.78, 5) is 39.6. The number of rotatable bonds is 6. The number of fused-ring (bicyclic) bond motifs is 1. The Bertz CT molecular complexity index is 904. The molecule has 1 aliphatic rings. The van der Waals surface area contributed by atoms with Crippen LogP contribution in [0.5, 0.6) is 0 Å². The summed E-state index contributed by atoms with van der Waals surface area (Å²) in [7, 11) is 1.51. The maximum atomic E-state index is 12.3. The monoisotopic (exact) mass is 414 g/mol. The molecule has 0 saturated carbocycles. The Labute approximate surface area is 174 Å². The van der Waals surface area contributed by atoms with Crippen molar-refractivity contribution in [2.75, 3.05) is 25.5 Å². The van der Waals surface area contributed by atoms with Gasteiger partial charge in [-0.1, -0.05) is 24.6 Å². The number of ether oxygens (including phenoxy) is 1. The van der Waals surface area contributed by atoms with Gasteiger partial charge in [0.25, 0.3) is 5.91 Å². The van der Waals surface area contributed by atoms with Gasteiger partial charge >= 0.3 is 5.97 Å².